The van der Waals surface area contributed by atoms with Crippen LogP contribution in [0.25, 0.3) is 0 Å². The predicted octanol–water partition coefficient (Wildman–Crippen LogP) is 4.46. The van der Waals surface area contributed by atoms with E-state index in [0.717, 1.165) is 0 Å². The molecule has 1 saturated carbocycles. The van der Waals surface area contributed by atoms with Gasteiger partial charge < -0.3 is 12.5 Å². The van der Waals surface area contributed by atoms with Crippen LogP contribution in [0.15, 0.2) is 5.57 Å². The topological polar surface area (TPSA) is 0 Å². The van der Waals surface area contributed by atoms with Crippen molar-refractivity contribution in [3.63, 3.8) is 0 Å². The molecular weight excluding hydrogens is 245 g/mol. The van der Waals surface area contributed by atoms with Crippen LogP contribution in [0.1, 0.15) is 64.7 Å². The molecule has 0 aromatic rings. The Labute approximate surface area is 115 Å². The molecular formula is C13H22Y-2. The summed E-state index contributed by atoms with van der Waals surface area (Å²) in [6.07, 6.45) is 18.0. The number of rotatable bonds is 0. The van der Waals surface area contributed by atoms with Crippen molar-refractivity contribution in [3.05, 3.63) is 18.1 Å². The van der Waals surface area contributed by atoms with E-state index in [4.69, 9.17) is 0 Å². The van der Waals surface area contributed by atoms with Gasteiger partial charge in [0.25, 0.3) is 0 Å². The van der Waals surface area contributed by atoms with Crippen molar-refractivity contribution in [1.82, 2.24) is 0 Å². The third-order valence-electron chi connectivity index (χ3n) is 2.72. The average Bonchev–Trinajstić information content (AvgIpc) is 2.62. The van der Waals surface area contributed by atoms with Crippen molar-refractivity contribution in [1.29, 1.82) is 0 Å². The largest absolute Gasteiger partial charge is 0.497 e. The zero-order chi connectivity index (χ0) is 9.36. The summed E-state index contributed by atoms with van der Waals surface area (Å²) in [5.74, 6) is 0. The maximum Gasteiger partial charge on any atom is 0 e. The van der Waals surface area contributed by atoms with Crippen LogP contribution in [-0.4, -0.2) is 0 Å². The standard InChI is InChI=1S/C8H13.C5H9.Y/c1-8-6-4-2-3-5-7-8;1-2-4-5-3-1;/h2-6H2,1H3;1H,2-5H2;/q2*-1;. The van der Waals surface area contributed by atoms with Crippen LogP contribution in [-0.2, 0) is 32.7 Å². The van der Waals surface area contributed by atoms with Crippen LogP contribution in [0, 0.1) is 12.5 Å². The fraction of sp³-hybridized carbons (Fsp3) is 0.769. The van der Waals surface area contributed by atoms with Gasteiger partial charge in [-0.25, -0.2) is 0 Å². The molecule has 0 atom stereocenters. The van der Waals surface area contributed by atoms with Gasteiger partial charge in [0, 0.05) is 32.7 Å². The fourth-order valence-electron chi connectivity index (χ4n) is 1.80. The summed E-state index contributed by atoms with van der Waals surface area (Å²) >= 11 is 0. The summed E-state index contributed by atoms with van der Waals surface area (Å²) in [5.41, 5.74) is 1.47. The number of allylic oxidation sites excluding steroid dienone is 2. The normalized spacial score (nSPS) is 21.1. The Kier molecular flexibility index (Phi) is 11.0. The molecule has 0 aromatic carbocycles. The second kappa shape index (κ2) is 10.4. The molecule has 0 heterocycles. The molecule has 0 amide bonds. The Morgan fingerprint density at radius 1 is 1.00 bits per heavy atom. The Balaban J connectivity index is 0.000000246. The van der Waals surface area contributed by atoms with Gasteiger partial charge >= 0.3 is 0 Å². The van der Waals surface area contributed by atoms with Gasteiger partial charge in [-0.1, -0.05) is 45.4 Å². The second-order valence-corrected chi connectivity index (χ2v) is 4.09. The molecule has 2 aliphatic rings. The molecule has 0 saturated heterocycles. The van der Waals surface area contributed by atoms with Crippen molar-refractivity contribution >= 4 is 0 Å². The molecule has 1 fully saturated rings. The molecule has 0 unspecified atom stereocenters. The first kappa shape index (κ1) is 14.8. The van der Waals surface area contributed by atoms with E-state index in [0.29, 0.717) is 0 Å². The van der Waals surface area contributed by atoms with Gasteiger partial charge in [-0.15, -0.1) is 0 Å². The van der Waals surface area contributed by atoms with Gasteiger partial charge in [0.1, 0.15) is 0 Å². The second-order valence-electron chi connectivity index (χ2n) is 4.09. The van der Waals surface area contributed by atoms with Gasteiger partial charge in [-0.3, -0.25) is 5.57 Å². The van der Waals surface area contributed by atoms with Crippen LogP contribution >= 0.6 is 0 Å². The molecule has 0 aromatic heterocycles. The predicted molar refractivity (Wildman–Crippen MR) is 58.3 cm³/mol. The van der Waals surface area contributed by atoms with Crippen LogP contribution in [0.3, 0.4) is 0 Å². The molecule has 0 bridgehead atoms. The van der Waals surface area contributed by atoms with E-state index in [-0.39, 0.29) is 32.7 Å². The first-order valence-corrected chi connectivity index (χ1v) is 5.77. The first-order chi connectivity index (χ1) is 6.39. The molecule has 14 heavy (non-hydrogen) atoms. The molecule has 0 spiro atoms. The zero-order valence-corrected chi connectivity index (χ0v) is 12.4. The van der Waals surface area contributed by atoms with E-state index in [9.17, 15) is 0 Å². The van der Waals surface area contributed by atoms with E-state index in [1.165, 1.54) is 63.4 Å². The van der Waals surface area contributed by atoms with Gasteiger partial charge in [-0.2, -0.15) is 19.3 Å². The van der Waals surface area contributed by atoms with E-state index in [1.54, 1.807) is 0 Å². The van der Waals surface area contributed by atoms with Crippen molar-refractivity contribution in [2.24, 2.45) is 0 Å². The van der Waals surface area contributed by atoms with E-state index < -0.39 is 0 Å². The van der Waals surface area contributed by atoms with Gasteiger partial charge in [0.15, 0.2) is 0 Å². The van der Waals surface area contributed by atoms with Crippen LogP contribution in [0.5, 0.6) is 0 Å². The third kappa shape index (κ3) is 8.18. The summed E-state index contributed by atoms with van der Waals surface area (Å²) < 4.78 is 0. The van der Waals surface area contributed by atoms with Crippen LogP contribution in [0.4, 0.5) is 0 Å². The fourth-order valence-corrected chi connectivity index (χ4v) is 1.80. The molecule has 79 valence electrons. The summed E-state index contributed by atoms with van der Waals surface area (Å²) in [7, 11) is 0. The van der Waals surface area contributed by atoms with Crippen LogP contribution in [0.2, 0.25) is 0 Å². The molecule has 2 aliphatic carbocycles. The van der Waals surface area contributed by atoms with E-state index in [2.05, 4.69) is 19.4 Å². The molecule has 0 aliphatic heterocycles. The molecule has 1 radical (unpaired) electrons. The quantitative estimate of drug-likeness (QED) is 0.568. The van der Waals surface area contributed by atoms with Crippen molar-refractivity contribution in [2.45, 2.75) is 64.7 Å². The Bertz CT molecular complexity index is 138. The van der Waals surface area contributed by atoms with Gasteiger partial charge in [0.05, 0.1) is 0 Å². The van der Waals surface area contributed by atoms with Crippen molar-refractivity contribution in [2.75, 3.05) is 0 Å². The summed E-state index contributed by atoms with van der Waals surface area (Å²) in [4.78, 5) is 0. The Morgan fingerprint density at radius 3 is 2.29 bits per heavy atom. The minimum absolute atomic E-state index is 0. The van der Waals surface area contributed by atoms with E-state index in [1.807, 2.05) is 0 Å². The Morgan fingerprint density at radius 2 is 1.71 bits per heavy atom. The van der Waals surface area contributed by atoms with Crippen molar-refractivity contribution in [3.8, 4) is 0 Å². The monoisotopic (exact) mass is 267 g/mol. The van der Waals surface area contributed by atoms with Crippen molar-refractivity contribution < 1.29 is 32.7 Å². The summed E-state index contributed by atoms with van der Waals surface area (Å²) in [6.45, 7) is 2.19. The molecule has 0 nitrogen and oxygen atoms in total. The van der Waals surface area contributed by atoms with Crippen LogP contribution < -0.4 is 0 Å². The molecule has 1 heteroatoms. The van der Waals surface area contributed by atoms with E-state index >= 15 is 0 Å². The summed E-state index contributed by atoms with van der Waals surface area (Å²) in [6, 6.07) is 0. The minimum Gasteiger partial charge on any atom is -0.497 e. The summed E-state index contributed by atoms with van der Waals surface area (Å²) in [5, 5.41) is 0. The SMILES string of the molecule is CC1=[C-]CCCCC1.[CH-]1CCCC1.[Y]. The van der Waals surface area contributed by atoms with Gasteiger partial charge in [0.2, 0.25) is 0 Å². The smallest absolute Gasteiger partial charge is 0 e. The third-order valence-corrected chi connectivity index (χ3v) is 2.72. The molecule has 2 rings (SSSR count). The Hall–Kier alpha value is 0.844. The van der Waals surface area contributed by atoms with Gasteiger partial charge in [-0.05, 0) is 0 Å². The maximum atomic E-state index is 3.36. The number of hydrogen-bond donors (Lipinski definition) is 0. The number of hydrogen-bond acceptors (Lipinski definition) is 0. The minimum atomic E-state index is 0. The maximum absolute atomic E-state index is 3.36. The average molecular weight is 267 g/mol. The zero-order valence-electron chi connectivity index (χ0n) is 9.52. The molecule has 0 N–H and O–H groups in total. The first-order valence-electron chi connectivity index (χ1n) is 5.77.